The lowest BCUT2D eigenvalue weighted by Crippen LogP contribution is -2.27. The van der Waals surface area contributed by atoms with Crippen LogP contribution in [0.1, 0.15) is 12.5 Å². The SMILES string of the molecule is C[C@H]1C(c2c(Cl)cccc2Cl)=NO[C@H]1Oc1ccccc1. The number of halogens is 2. The van der Waals surface area contributed by atoms with E-state index in [-0.39, 0.29) is 5.92 Å². The number of hydrogen-bond donors (Lipinski definition) is 0. The van der Waals surface area contributed by atoms with Crippen molar-refractivity contribution in [1.82, 2.24) is 0 Å². The molecule has 0 spiro atoms. The van der Waals surface area contributed by atoms with Crippen LogP contribution in [0.2, 0.25) is 10.0 Å². The Balaban J connectivity index is 1.82. The standard InChI is InChI=1S/C16H13Cl2NO2/c1-10-15(14-12(17)8-5-9-13(14)18)19-21-16(10)20-11-6-3-2-4-7-11/h2-10,16H,1H3/t10-,16+/m0/s1. The summed E-state index contributed by atoms with van der Waals surface area (Å²) in [5, 5.41) is 5.21. The lowest BCUT2D eigenvalue weighted by atomic mass is 9.98. The summed E-state index contributed by atoms with van der Waals surface area (Å²) in [6.07, 6.45) is -0.491. The number of ether oxygens (including phenoxy) is 1. The van der Waals surface area contributed by atoms with E-state index >= 15 is 0 Å². The smallest absolute Gasteiger partial charge is 0.273 e. The topological polar surface area (TPSA) is 30.8 Å². The van der Waals surface area contributed by atoms with Crippen molar-refractivity contribution >= 4 is 28.9 Å². The zero-order chi connectivity index (χ0) is 14.8. The minimum Gasteiger partial charge on any atom is -0.452 e. The maximum atomic E-state index is 6.22. The molecule has 2 aromatic rings. The van der Waals surface area contributed by atoms with Gasteiger partial charge in [-0.1, -0.05) is 52.6 Å². The number of para-hydroxylation sites is 1. The molecule has 0 saturated carbocycles. The van der Waals surface area contributed by atoms with E-state index in [9.17, 15) is 0 Å². The molecule has 1 heterocycles. The molecule has 21 heavy (non-hydrogen) atoms. The van der Waals surface area contributed by atoms with Gasteiger partial charge in [-0.3, -0.25) is 0 Å². The molecular formula is C16H13Cl2NO2. The fourth-order valence-electron chi connectivity index (χ4n) is 2.18. The quantitative estimate of drug-likeness (QED) is 0.815. The summed E-state index contributed by atoms with van der Waals surface area (Å²) in [7, 11) is 0. The van der Waals surface area contributed by atoms with Crippen molar-refractivity contribution in [2.24, 2.45) is 11.1 Å². The maximum Gasteiger partial charge on any atom is 0.273 e. The van der Waals surface area contributed by atoms with E-state index in [2.05, 4.69) is 5.16 Å². The Hall–Kier alpha value is -1.71. The van der Waals surface area contributed by atoms with Crippen LogP contribution in [-0.2, 0) is 4.84 Å². The Morgan fingerprint density at radius 2 is 1.67 bits per heavy atom. The Labute approximate surface area is 133 Å². The van der Waals surface area contributed by atoms with Gasteiger partial charge in [-0.15, -0.1) is 0 Å². The van der Waals surface area contributed by atoms with E-state index < -0.39 is 6.29 Å². The van der Waals surface area contributed by atoms with Crippen molar-refractivity contribution in [3.63, 3.8) is 0 Å². The Kier molecular flexibility index (Phi) is 4.04. The van der Waals surface area contributed by atoms with Crippen LogP contribution in [0.5, 0.6) is 5.75 Å². The minimum absolute atomic E-state index is 0.0809. The molecule has 0 amide bonds. The highest BCUT2D eigenvalue weighted by molar-refractivity contribution is 6.40. The van der Waals surface area contributed by atoms with Crippen LogP contribution in [0.15, 0.2) is 53.7 Å². The van der Waals surface area contributed by atoms with E-state index in [1.54, 1.807) is 18.2 Å². The predicted octanol–water partition coefficient (Wildman–Crippen LogP) is 4.77. The van der Waals surface area contributed by atoms with E-state index in [1.807, 2.05) is 37.3 Å². The van der Waals surface area contributed by atoms with Crippen LogP contribution in [0.4, 0.5) is 0 Å². The van der Waals surface area contributed by atoms with Crippen LogP contribution < -0.4 is 4.74 Å². The average molecular weight is 322 g/mol. The van der Waals surface area contributed by atoms with Gasteiger partial charge in [0, 0.05) is 5.56 Å². The molecule has 1 aliphatic rings. The van der Waals surface area contributed by atoms with E-state index in [1.165, 1.54) is 0 Å². The van der Waals surface area contributed by atoms with Crippen molar-refractivity contribution < 1.29 is 9.57 Å². The molecule has 0 unspecified atom stereocenters. The lowest BCUT2D eigenvalue weighted by Gasteiger charge is -2.17. The van der Waals surface area contributed by atoms with Crippen LogP contribution in [0, 0.1) is 5.92 Å². The molecule has 5 heteroatoms. The van der Waals surface area contributed by atoms with Crippen molar-refractivity contribution in [3.8, 4) is 5.75 Å². The predicted molar refractivity (Wildman–Crippen MR) is 84.1 cm³/mol. The van der Waals surface area contributed by atoms with Crippen LogP contribution >= 0.6 is 23.2 Å². The average Bonchev–Trinajstić information content (AvgIpc) is 2.82. The Bertz CT molecular complexity index is 653. The number of hydrogen-bond acceptors (Lipinski definition) is 3. The molecule has 0 saturated heterocycles. The van der Waals surface area contributed by atoms with Crippen LogP contribution in [0.25, 0.3) is 0 Å². The van der Waals surface area contributed by atoms with Crippen molar-refractivity contribution in [3.05, 3.63) is 64.1 Å². The second-order valence-corrected chi connectivity index (χ2v) is 5.58. The van der Waals surface area contributed by atoms with Crippen molar-refractivity contribution in [2.75, 3.05) is 0 Å². The number of benzene rings is 2. The molecule has 0 aromatic heterocycles. The first kappa shape index (κ1) is 14.2. The normalized spacial score (nSPS) is 20.8. The first-order chi connectivity index (χ1) is 10.2. The summed E-state index contributed by atoms with van der Waals surface area (Å²) in [5.41, 5.74) is 1.40. The van der Waals surface area contributed by atoms with Gasteiger partial charge >= 0.3 is 0 Å². The van der Waals surface area contributed by atoms with E-state index in [0.717, 1.165) is 5.75 Å². The summed E-state index contributed by atoms with van der Waals surface area (Å²) in [6.45, 7) is 1.97. The summed E-state index contributed by atoms with van der Waals surface area (Å²) < 4.78 is 5.80. The highest BCUT2D eigenvalue weighted by Crippen LogP contribution is 2.32. The molecule has 0 N–H and O–H groups in total. The van der Waals surface area contributed by atoms with Crippen molar-refractivity contribution in [2.45, 2.75) is 13.2 Å². The molecule has 1 aliphatic heterocycles. The van der Waals surface area contributed by atoms with E-state index in [4.69, 9.17) is 32.8 Å². The van der Waals surface area contributed by atoms with Gasteiger partial charge in [0.2, 0.25) is 0 Å². The third-order valence-corrected chi connectivity index (χ3v) is 3.94. The third-order valence-electron chi connectivity index (χ3n) is 3.31. The molecule has 2 aromatic carbocycles. The summed E-state index contributed by atoms with van der Waals surface area (Å²) >= 11 is 12.4. The second-order valence-electron chi connectivity index (χ2n) is 4.77. The second kappa shape index (κ2) is 5.96. The van der Waals surface area contributed by atoms with Gasteiger partial charge in [-0.25, -0.2) is 0 Å². The largest absolute Gasteiger partial charge is 0.452 e. The van der Waals surface area contributed by atoms with Crippen LogP contribution in [-0.4, -0.2) is 12.0 Å². The van der Waals surface area contributed by atoms with Gasteiger partial charge in [0.1, 0.15) is 11.5 Å². The first-order valence-corrected chi connectivity index (χ1v) is 7.32. The molecule has 0 fully saturated rings. The highest BCUT2D eigenvalue weighted by Gasteiger charge is 2.34. The monoisotopic (exact) mass is 321 g/mol. The molecule has 0 aliphatic carbocycles. The van der Waals surface area contributed by atoms with E-state index in [0.29, 0.717) is 21.3 Å². The Morgan fingerprint density at radius 1 is 1.00 bits per heavy atom. The Morgan fingerprint density at radius 3 is 2.33 bits per heavy atom. The summed E-state index contributed by atoms with van der Waals surface area (Å²) in [6, 6.07) is 14.8. The third kappa shape index (κ3) is 2.85. The molecule has 3 nitrogen and oxygen atoms in total. The van der Waals surface area contributed by atoms with Gasteiger partial charge in [-0.05, 0) is 31.2 Å². The van der Waals surface area contributed by atoms with Crippen molar-refractivity contribution in [1.29, 1.82) is 0 Å². The molecule has 3 rings (SSSR count). The van der Waals surface area contributed by atoms with Crippen LogP contribution in [0.3, 0.4) is 0 Å². The molecular weight excluding hydrogens is 309 g/mol. The summed E-state index contributed by atoms with van der Waals surface area (Å²) in [5.74, 6) is 0.652. The zero-order valence-electron chi connectivity index (χ0n) is 11.3. The number of oxime groups is 1. The minimum atomic E-state index is -0.491. The number of nitrogens with zero attached hydrogens (tertiary/aromatic N) is 1. The fourth-order valence-corrected chi connectivity index (χ4v) is 2.78. The highest BCUT2D eigenvalue weighted by atomic mass is 35.5. The summed E-state index contributed by atoms with van der Waals surface area (Å²) in [4.78, 5) is 5.39. The van der Waals surface area contributed by atoms with Gasteiger partial charge in [-0.2, -0.15) is 0 Å². The molecule has 0 bridgehead atoms. The van der Waals surface area contributed by atoms with Gasteiger partial charge in [0.05, 0.1) is 16.0 Å². The zero-order valence-corrected chi connectivity index (χ0v) is 12.8. The molecule has 0 radical (unpaired) electrons. The fraction of sp³-hybridized carbons (Fsp3) is 0.188. The molecule has 2 atom stereocenters. The number of rotatable bonds is 3. The van der Waals surface area contributed by atoms with Gasteiger partial charge in [0.15, 0.2) is 0 Å². The first-order valence-electron chi connectivity index (χ1n) is 6.56. The van der Waals surface area contributed by atoms with Gasteiger partial charge in [0.25, 0.3) is 6.29 Å². The van der Waals surface area contributed by atoms with Gasteiger partial charge < -0.3 is 9.57 Å². The maximum absolute atomic E-state index is 6.22. The lowest BCUT2D eigenvalue weighted by molar-refractivity contribution is -0.0767. The molecule has 108 valence electrons.